The smallest absolute Gasteiger partial charge is 0.231 e. The first kappa shape index (κ1) is 17.0. The third-order valence-corrected chi connectivity index (χ3v) is 6.32. The lowest BCUT2D eigenvalue weighted by Gasteiger charge is -2.34. The first-order valence-electron chi connectivity index (χ1n) is 8.14. The monoisotopic (exact) mass is 354 g/mol. The van der Waals surface area contributed by atoms with Crippen molar-refractivity contribution in [3.63, 3.8) is 0 Å². The van der Waals surface area contributed by atoms with E-state index in [1.807, 2.05) is 19.1 Å². The van der Waals surface area contributed by atoms with Crippen LogP contribution < -0.4 is 9.47 Å². The maximum absolute atomic E-state index is 12.4. The number of rotatable bonds is 5. The van der Waals surface area contributed by atoms with Gasteiger partial charge in [0.1, 0.15) is 0 Å². The highest BCUT2D eigenvalue weighted by molar-refractivity contribution is 7.89. The second-order valence-corrected chi connectivity index (χ2v) is 8.05. The first-order chi connectivity index (χ1) is 11.5. The summed E-state index contributed by atoms with van der Waals surface area (Å²) in [6.07, 6.45) is 0.879. The van der Waals surface area contributed by atoms with Crippen LogP contribution in [0.15, 0.2) is 18.2 Å². The minimum Gasteiger partial charge on any atom is -0.454 e. The van der Waals surface area contributed by atoms with Crippen molar-refractivity contribution in [1.29, 1.82) is 0 Å². The molecule has 0 spiro atoms. The van der Waals surface area contributed by atoms with Gasteiger partial charge in [-0.3, -0.25) is 4.79 Å². The molecule has 0 radical (unpaired) electrons. The summed E-state index contributed by atoms with van der Waals surface area (Å²) < 4.78 is 36.2. The molecular weight excluding hydrogens is 332 g/mol. The van der Waals surface area contributed by atoms with Crippen LogP contribution in [0.25, 0.3) is 0 Å². The van der Waals surface area contributed by atoms with Gasteiger partial charge in [0.05, 0.1) is 12.2 Å². The molecule has 7 nitrogen and oxygen atoms in total. The van der Waals surface area contributed by atoms with Crippen LogP contribution in [-0.2, 0) is 21.2 Å². The Labute approximate surface area is 142 Å². The van der Waals surface area contributed by atoms with Gasteiger partial charge in [-0.05, 0) is 24.1 Å². The zero-order valence-corrected chi connectivity index (χ0v) is 14.5. The van der Waals surface area contributed by atoms with E-state index in [1.54, 1.807) is 11.0 Å². The molecule has 2 aliphatic rings. The van der Waals surface area contributed by atoms with Gasteiger partial charge in [-0.25, -0.2) is 8.42 Å². The third-order valence-electron chi connectivity index (χ3n) is 4.24. The zero-order chi connectivity index (χ0) is 17.2. The lowest BCUT2D eigenvalue weighted by atomic mass is 10.1. The van der Waals surface area contributed by atoms with Crippen LogP contribution in [0, 0.1) is 0 Å². The van der Waals surface area contributed by atoms with E-state index in [9.17, 15) is 13.2 Å². The summed E-state index contributed by atoms with van der Waals surface area (Å²) in [6.45, 7) is 3.67. The number of amides is 1. The van der Waals surface area contributed by atoms with Crippen molar-refractivity contribution < 1.29 is 22.7 Å². The minimum absolute atomic E-state index is 0.00130. The summed E-state index contributed by atoms with van der Waals surface area (Å²) in [5.74, 6) is 1.52. The molecule has 0 aromatic heterocycles. The topological polar surface area (TPSA) is 76.2 Å². The van der Waals surface area contributed by atoms with Gasteiger partial charge in [0.2, 0.25) is 22.7 Å². The molecule has 0 N–H and O–H groups in total. The number of hydrogen-bond donors (Lipinski definition) is 0. The van der Waals surface area contributed by atoms with Crippen LogP contribution >= 0.6 is 0 Å². The molecule has 2 aliphatic heterocycles. The summed E-state index contributed by atoms with van der Waals surface area (Å²) in [5.41, 5.74) is 0.866. The fraction of sp³-hybridized carbons (Fsp3) is 0.562. The number of carbonyl (C=O) groups excluding carboxylic acids is 1. The van der Waals surface area contributed by atoms with Gasteiger partial charge in [-0.1, -0.05) is 13.0 Å². The second kappa shape index (κ2) is 6.98. The number of piperazine rings is 1. The molecule has 0 unspecified atom stereocenters. The SMILES string of the molecule is CCCS(=O)(=O)N1CCN(C(=O)Cc2ccc3c(c2)OCO3)CC1. The summed E-state index contributed by atoms with van der Waals surface area (Å²) in [6, 6.07) is 5.48. The van der Waals surface area contributed by atoms with Gasteiger partial charge < -0.3 is 14.4 Å². The molecule has 1 fully saturated rings. The van der Waals surface area contributed by atoms with Crippen LogP contribution in [0.5, 0.6) is 11.5 Å². The van der Waals surface area contributed by atoms with Crippen molar-refractivity contribution >= 4 is 15.9 Å². The van der Waals surface area contributed by atoms with Crippen LogP contribution in [0.2, 0.25) is 0 Å². The van der Waals surface area contributed by atoms with Gasteiger partial charge in [0.15, 0.2) is 11.5 Å². The van der Waals surface area contributed by atoms with Crippen LogP contribution in [-0.4, -0.2) is 62.3 Å². The Bertz CT molecular complexity index is 711. The molecule has 3 rings (SSSR count). The van der Waals surface area contributed by atoms with E-state index in [-0.39, 0.29) is 24.9 Å². The predicted octanol–water partition coefficient (Wildman–Crippen LogP) is 0.842. The zero-order valence-electron chi connectivity index (χ0n) is 13.7. The number of ether oxygens (including phenoxy) is 2. The number of carbonyl (C=O) groups is 1. The molecule has 1 aromatic carbocycles. The van der Waals surface area contributed by atoms with Gasteiger partial charge in [-0.15, -0.1) is 0 Å². The molecule has 1 saturated heterocycles. The van der Waals surface area contributed by atoms with E-state index < -0.39 is 10.0 Å². The molecule has 0 aliphatic carbocycles. The van der Waals surface area contributed by atoms with Gasteiger partial charge in [-0.2, -0.15) is 4.31 Å². The second-order valence-electron chi connectivity index (χ2n) is 5.96. The van der Waals surface area contributed by atoms with Crippen molar-refractivity contribution in [2.24, 2.45) is 0 Å². The molecule has 8 heteroatoms. The van der Waals surface area contributed by atoms with Crippen molar-refractivity contribution in [2.45, 2.75) is 19.8 Å². The average molecular weight is 354 g/mol. The Hall–Kier alpha value is -1.80. The van der Waals surface area contributed by atoms with E-state index >= 15 is 0 Å². The van der Waals surface area contributed by atoms with Crippen molar-refractivity contribution in [1.82, 2.24) is 9.21 Å². The number of fused-ring (bicyclic) bond motifs is 1. The number of hydrogen-bond acceptors (Lipinski definition) is 5. The number of sulfonamides is 1. The van der Waals surface area contributed by atoms with Crippen molar-refractivity contribution in [3.8, 4) is 11.5 Å². The Kier molecular flexibility index (Phi) is 4.96. The Morgan fingerprint density at radius 2 is 1.83 bits per heavy atom. The van der Waals surface area contributed by atoms with Gasteiger partial charge >= 0.3 is 0 Å². The van der Waals surface area contributed by atoms with E-state index in [4.69, 9.17) is 9.47 Å². The third kappa shape index (κ3) is 3.64. The summed E-state index contributed by atoms with van der Waals surface area (Å²) in [5, 5.41) is 0. The molecular formula is C16H22N2O5S. The van der Waals surface area contributed by atoms with Crippen LogP contribution in [0.3, 0.4) is 0 Å². The highest BCUT2D eigenvalue weighted by atomic mass is 32.2. The molecule has 24 heavy (non-hydrogen) atoms. The Morgan fingerprint density at radius 3 is 2.54 bits per heavy atom. The Balaban J connectivity index is 1.56. The largest absolute Gasteiger partial charge is 0.454 e. The first-order valence-corrected chi connectivity index (χ1v) is 9.74. The fourth-order valence-electron chi connectivity index (χ4n) is 2.94. The molecule has 1 amide bonds. The summed E-state index contributed by atoms with van der Waals surface area (Å²) in [7, 11) is -3.18. The van der Waals surface area contributed by atoms with E-state index in [0.717, 1.165) is 5.56 Å². The molecule has 1 aromatic rings. The van der Waals surface area contributed by atoms with Crippen molar-refractivity contribution in [3.05, 3.63) is 23.8 Å². The average Bonchev–Trinajstić information content (AvgIpc) is 3.02. The maximum atomic E-state index is 12.4. The standard InChI is InChI=1S/C16H22N2O5S/c1-2-9-24(20,21)18-7-5-17(6-8-18)16(19)11-13-3-4-14-15(10-13)23-12-22-14/h3-4,10H,2,5-9,11-12H2,1H3. The van der Waals surface area contributed by atoms with Gasteiger partial charge in [0.25, 0.3) is 0 Å². The fourth-order valence-corrected chi connectivity index (χ4v) is 4.43. The van der Waals surface area contributed by atoms with Crippen molar-refractivity contribution in [2.75, 3.05) is 38.7 Å². The molecule has 0 saturated carbocycles. The highest BCUT2D eigenvalue weighted by Crippen LogP contribution is 2.32. The Morgan fingerprint density at radius 1 is 1.12 bits per heavy atom. The van der Waals surface area contributed by atoms with Crippen LogP contribution in [0.1, 0.15) is 18.9 Å². The number of benzene rings is 1. The lowest BCUT2D eigenvalue weighted by molar-refractivity contribution is -0.131. The summed E-state index contributed by atoms with van der Waals surface area (Å²) >= 11 is 0. The van der Waals surface area contributed by atoms with E-state index in [1.165, 1.54) is 4.31 Å². The van der Waals surface area contributed by atoms with Gasteiger partial charge in [0, 0.05) is 26.2 Å². The highest BCUT2D eigenvalue weighted by Gasteiger charge is 2.28. The molecule has 2 heterocycles. The molecule has 0 bridgehead atoms. The maximum Gasteiger partial charge on any atom is 0.231 e. The van der Waals surface area contributed by atoms with E-state index in [2.05, 4.69) is 0 Å². The lowest BCUT2D eigenvalue weighted by Crippen LogP contribution is -2.51. The quantitative estimate of drug-likeness (QED) is 0.783. The normalized spacial score (nSPS) is 18.0. The molecule has 132 valence electrons. The molecule has 0 atom stereocenters. The van der Waals surface area contributed by atoms with E-state index in [0.29, 0.717) is 44.1 Å². The predicted molar refractivity (Wildman–Crippen MR) is 88.5 cm³/mol. The van der Waals surface area contributed by atoms with Crippen LogP contribution in [0.4, 0.5) is 0 Å². The minimum atomic E-state index is -3.18. The number of nitrogens with zero attached hydrogens (tertiary/aromatic N) is 2. The summed E-state index contributed by atoms with van der Waals surface area (Å²) in [4.78, 5) is 14.2.